The highest BCUT2D eigenvalue weighted by molar-refractivity contribution is 7.90. The van der Waals surface area contributed by atoms with E-state index in [1.165, 1.54) is 6.26 Å². The molecule has 0 atom stereocenters. The van der Waals surface area contributed by atoms with E-state index in [-0.39, 0.29) is 0 Å². The fraction of sp³-hybridized carbons (Fsp3) is 0.333. The third-order valence-corrected chi connectivity index (χ3v) is 3.69. The summed E-state index contributed by atoms with van der Waals surface area (Å²) in [5.41, 5.74) is 1.37. The van der Waals surface area contributed by atoms with Crippen molar-refractivity contribution < 1.29 is 8.42 Å². The van der Waals surface area contributed by atoms with Gasteiger partial charge in [0, 0.05) is 11.3 Å². The number of aryl methyl sites for hydroxylation is 1. The fourth-order valence-electron chi connectivity index (χ4n) is 1.37. The molecule has 0 bridgehead atoms. The van der Waals surface area contributed by atoms with Crippen LogP contribution in [0.4, 0.5) is 0 Å². The Hall–Kier alpha value is -0.540. The first-order chi connectivity index (χ1) is 5.84. The van der Waals surface area contributed by atoms with E-state index < -0.39 is 9.84 Å². The van der Waals surface area contributed by atoms with Gasteiger partial charge in [-0.05, 0) is 31.0 Å². The second-order valence-corrected chi connectivity index (χ2v) is 5.45. The number of rotatable bonds is 1. The van der Waals surface area contributed by atoms with Crippen LogP contribution in [0.15, 0.2) is 17.0 Å². The van der Waals surface area contributed by atoms with Gasteiger partial charge in [-0.15, -0.1) is 0 Å². The highest BCUT2D eigenvalue weighted by atomic mass is 35.5. The number of hydrogen-bond donors (Lipinski definition) is 0. The molecule has 1 aromatic carbocycles. The molecule has 4 heteroatoms. The Labute approximate surface area is 83.5 Å². The van der Waals surface area contributed by atoms with Crippen molar-refractivity contribution in [2.24, 2.45) is 0 Å². The van der Waals surface area contributed by atoms with E-state index in [1.54, 1.807) is 26.0 Å². The topological polar surface area (TPSA) is 34.1 Å². The average molecular weight is 219 g/mol. The summed E-state index contributed by atoms with van der Waals surface area (Å²) in [6, 6.07) is 3.42. The van der Waals surface area contributed by atoms with Crippen LogP contribution in [-0.2, 0) is 9.84 Å². The van der Waals surface area contributed by atoms with Gasteiger partial charge in [-0.25, -0.2) is 8.42 Å². The molecule has 13 heavy (non-hydrogen) atoms. The lowest BCUT2D eigenvalue weighted by atomic mass is 10.1. The van der Waals surface area contributed by atoms with E-state index in [1.807, 2.05) is 0 Å². The maximum Gasteiger partial charge on any atom is 0.176 e. The molecule has 0 N–H and O–H groups in total. The number of hydrogen-bond acceptors (Lipinski definition) is 2. The Morgan fingerprint density at radius 3 is 2.15 bits per heavy atom. The van der Waals surface area contributed by atoms with Crippen molar-refractivity contribution in [2.45, 2.75) is 18.7 Å². The van der Waals surface area contributed by atoms with Crippen molar-refractivity contribution in [3.8, 4) is 0 Å². The second kappa shape index (κ2) is 3.31. The van der Waals surface area contributed by atoms with Gasteiger partial charge >= 0.3 is 0 Å². The average Bonchev–Trinajstić information content (AvgIpc) is 1.95. The van der Waals surface area contributed by atoms with Crippen molar-refractivity contribution >= 4 is 21.4 Å². The van der Waals surface area contributed by atoms with Gasteiger partial charge in [-0.1, -0.05) is 17.7 Å². The van der Waals surface area contributed by atoms with Gasteiger partial charge in [0.25, 0.3) is 0 Å². The first kappa shape index (κ1) is 10.5. The Morgan fingerprint density at radius 2 is 1.77 bits per heavy atom. The van der Waals surface area contributed by atoms with Gasteiger partial charge in [0.05, 0.1) is 4.90 Å². The van der Waals surface area contributed by atoms with Crippen LogP contribution in [0, 0.1) is 13.8 Å². The maximum absolute atomic E-state index is 11.4. The number of halogens is 1. The molecule has 0 aliphatic heterocycles. The summed E-state index contributed by atoms with van der Waals surface area (Å²) in [7, 11) is -3.17. The first-order valence-corrected chi connectivity index (χ1v) is 6.06. The van der Waals surface area contributed by atoms with Gasteiger partial charge in [0.2, 0.25) is 0 Å². The molecule has 0 amide bonds. The van der Waals surface area contributed by atoms with Crippen LogP contribution >= 0.6 is 11.6 Å². The van der Waals surface area contributed by atoms with Crippen molar-refractivity contribution in [2.75, 3.05) is 6.26 Å². The molecule has 0 heterocycles. The van der Waals surface area contributed by atoms with Gasteiger partial charge in [-0.2, -0.15) is 0 Å². The van der Waals surface area contributed by atoms with E-state index in [0.717, 1.165) is 5.56 Å². The van der Waals surface area contributed by atoms with Gasteiger partial charge < -0.3 is 0 Å². The van der Waals surface area contributed by atoms with E-state index >= 15 is 0 Å². The molecule has 1 aromatic rings. The molecular weight excluding hydrogens is 208 g/mol. The molecule has 0 spiro atoms. The lowest BCUT2D eigenvalue weighted by Crippen LogP contribution is -2.03. The van der Waals surface area contributed by atoms with Crippen LogP contribution in [0.3, 0.4) is 0 Å². The largest absolute Gasteiger partial charge is 0.224 e. The van der Waals surface area contributed by atoms with E-state index in [2.05, 4.69) is 0 Å². The Balaban J connectivity index is 3.62. The Kier molecular flexibility index (Phi) is 2.68. The molecule has 0 aliphatic rings. The summed E-state index contributed by atoms with van der Waals surface area (Å²) in [6.45, 7) is 3.48. The molecule has 0 unspecified atom stereocenters. The molecule has 0 radical (unpaired) electrons. The minimum Gasteiger partial charge on any atom is -0.224 e. The molecule has 0 fully saturated rings. The zero-order chi connectivity index (χ0) is 10.2. The minimum absolute atomic E-state index is 0.347. The van der Waals surface area contributed by atoms with Crippen LogP contribution in [0.1, 0.15) is 11.1 Å². The van der Waals surface area contributed by atoms with E-state index in [9.17, 15) is 8.42 Å². The predicted octanol–water partition coefficient (Wildman–Crippen LogP) is 2.36. The summed E-state index contributed by atoms with van der Waals surface area (Å²) in [5.74, 6) is 0. The zero-order valence-electron chi connectivity index (χ0n) is 7.76. The molecule has 0 saturated carbocycles. The standard InChI is InChI=1S/C9H11ClO2S/c1-6-4-5-8(10)7(2)9(6)13(3,11)12/h4-5H,1-3H3. The zero-order valence-corrected chi connectivity index (χ0v) is 9.33. The second-order valence-electron chi connectivity index (χ2n) is 3.09. The summed E-state index contributed by atoms with van der Waals surface area (Å²) in [4.78, 5) is 0.347. The molecule has 0 saturated heterocycles. The summed E-state index contributed by atoms with van der Waals surface area (Å²) in [5, 5.41) is 0.492. The monoisotopic (exact) mass is 218 g/mol. The Morgan fingerprint density at radius 1 is 1.23 bits per heavy atom. The van der Waals surface area contributed by atoms with Crippen molar-refractivity contribution in [1.29, 1.82) is 0 Å². The quantitative estimate of drug-likeness (QED) is 0.725. The van der Waals surface area contributed by atoms with Crippen molar-refractivity contribution in [3.63, 3.8) is 0 Å². The van der Waals surface area contributed by atoms with E-state index in [0.29, 0.717) is 15.5 Å². The summed E-state index contributed by atoms with van der Waals surface area (Å²) in [6.07, 6.45) is 1.19. The number of sulfone groups is 1. The van der Waals surface area contributed by atoms with Crippen molar-refractivity contribution in [1.82, 2.24) is 0 Å². The van der Waals surface area contributed by atoms with Gasteiger partial charge in [0.1, 0.15) is 0 Å². The molecule has 0 aromatic heterocycles. The highest BCUT2D eigenvalue weighted by Crippen LogP contribution is 2.25. The van der Waals surface area contributed by atoms with Crippen LogP contribution in [-0.4, -0.2) is 14.7 Å². The third-order valence-electron chi connectivity index (χ3n) is 1.91. The first-order valence-electron chi connectivity index (χ1n) is 3.80. The van der Waals surface area contributed by atoms with Gasteiger partial charge in [-0.3, -0.25) is 0 Å². The minimum atomic E-state index is -3.17. The SMILES string of the molecule is Cc1ccc(Cl)c(C)c1S(C)(=O)=O. The lowest BCUT2D eigenvalue weighted by molar-refractivity contribution is 0.600. The van der Waals surface area contributed by atoms with Gasteiger partial charge in [0.15, 0.2) is 9.84 Å². The van der Waals surface area contributed by atoms with Crippen LogP contribution in [0.25, 0.3) is 0 Å². The molecular formula is C9H11ClO2S. The Bertz CT molecular complexity index is 435. The summed E-state index contributed by atoms with van der Waals surface area (Å²) < 4.78 is 22.7. The molecule has 72 valence electrons. The molecule has 2 nitrogen and oxygen atoms in total. The van der Waals surface area contributed by atoms with Crippen LogP contribution < -0.4 is 0 Å². The van der Waals surface area contributed by atoms with Crippen LogP contribution in [0.5, 0.6) is 0 Å². The molecule has 1 rings (SSSR count). The smallest absolute Gasteiger partial charge is 0.176 e. The van der Waals surface area contributed by atoms with Crippen LogP contribution in [0.2, 0.25) is 5.02 Å². The maximum atomic E-state index is 11.4. The predicted molar refractivity (Wildman–Crippen MR) is 54.0 cm³/mol. The third kappa shape index (κ3) is 2.03. The summed E-state index contributed by atoms with van der Waals surface area (Å²) >= 11 is 5.83. The molecule has 0 aliphatic carbocycles. The number of benzene rings is 1. The van der Waals surface area contributed by atoms with E-state index in [4.69, 9.17) is 11.6 Å². The fourth-order valence-corrected chi connectivity index (χ4v) is 2.91. The lowest BCUT2D eigenvalue weighted by Gasteiger charge is -2.08. The van der Waals surface area contributed by atoms with Crippen molar-refractivity contribution in [3.05, 3.63) is 28.3 Å². The normalized spacial score (nSPS) is 11.7. The highest BCUT2D eigenvalue weighted by Gasteiger charge is 2.15.